The number of nitrogens with one attached hydrogen (secondary N) is 3. The third-order valence-corrected chi connectivity index (χ3v) is 6.11. The lowest BCUT2D eigenvalue weighted by Crippen LogP contribution is -2.31. The van der Waals surface area contributed by atoms with Crippen molar-refractivity contribution in [3.05, 3.63) is 95.4 Å². The molecule has 0 fully saturated rings. The molecule has 4 aromatic rings. The van der Waals surface area contributed by atoms with Crippen LogP contribution in [-0.2, 0) is 4.79 Å². The van der Waals surface area contributed by atoms with Crippen molar-refractivity contribution in [2.24, 2.45) is 0 Å². The minimum atomic E-state index is -0.312. The van der Waals surface area contributed by atoms with Gasteiger partial charge in [-0.2, -0.15) is 0 Å². The molecule has 0 unspecified atom stereocenters. The number of aromatic nitrogens is 3. The van der Waals surface area contributed by atoms with Gasteiger partial charge in [0.05, 0.1) is 11.1 Å². The fourth-order valence-electron chi connectivity index (χ4n) is 4.28. The molecule has 39 heavy (non-hydrogen) atoms. The maximum absolute atomic E-state index is 12.5. The maximum atomic E-state index is 12.5. The van der Waals surface area contributed by atoms with Gasteiger partial charge in [0, 0.05) is 36.6 Å². The topological polar surface area (TPSA) is 129 Å². The number of fused-ring (bicyclic) bond motifs is 1. The molecule has 2 aromatic carbocycles. The number of rotatable bonds is 9. The van der Waals surface area contributed by atoms with Crippen molar-refractivity contribution in [2.45, 2.75) is 26.7 Å². The number of pyridine rings is 1. The first-order valence-electron chi connectivity index (χ1n) is 12.5. The van der Waals surface area contributed by atoms with Crippen molar-refractivity contribution in [3.63, 3.8) is 0 Å². The second kappa shape index (κ2) is 11.1. The van der Waals surface area contributed by atoms with Gasteiger partial charge < -0.3 is 16.0 Å². The number of anilines is 5. The molecule has 5 rings (SSSR count). The van der Waals surface area contributed by atoms with Gasteiger partial charge in [0.1, 0.15) is 23.3 Å². The molecule has 3 amide bonds. The molecule has 10 heteroatoms. The molecular weight excluding hydrogens is 494 g/mol. The maximum Gasteiger partial charge on any atom is 0.261 e. The van der Waals surface area contributed by atoms with Crippen LogP contribution in [0.1, 0.15) is 44.9 Å². The van der Waals surface area contributed by atoms with E-state index >= 15 is 0 Å². The Morgan fingerprint density at radius 1 is 0.795 bits per heavy atom. The molecule has 3 N–H and O–H groups in total. The van der Waals surface area contributed by atoms with Crippen molar-refractivity contribution in [1.82, 2.24) is 19.9 Å². The van der Waals surface area contributed by atoms with Gasteiger partial charge >= 0.3 is 0 Å². The molecule has 1 aliphatic heterocycles. The quantitative estimate of drug-likeness (QED) is 0.263. The molecule has 196 valence electrons. The van der Waals surface area contributed by atoms with Gasteiger partial charge in [-0.1, -0.05) is 12.1 Å². The van der Waals surface area contributed by atoms with Crippen LogP contribution in [0.5, 0.6) is 0 Å². The monoisotopic (exact) mass is 521 g/mol. The predicted octanol–water partition coefficient (Wildman–Crippen LogP) is 4.99. The fraction of sp³-hybridized carbons (Fsp3) is 0.172. The van der Waals surface area contributed by atoms with E-state index in [9.17, 15) is 14.4 Å². The number of hydrogen-bond donors (Lipinski definition) is 3. The van der Waals surface area contributed by atoms with Gasteiger partial charge in [0.25, 0.3) is 11.8 Å². The average molecular weight is 522 g/mol. The van der Waals surface area contributed by atoms with Gasteiger partial charge in [0.2, 0.25) is 5.91 Å². The molecule has 10 nitrogen and oxygen atoms in total. The predicted molar refractivity (Wildman–Crippen MR) is 148 cm³/mol. The summed E-state index contributed by atoms with van der Waals surface area (Å²) in [5.74, 6) is 1.71. The number of benzene rings is 2. The van der Waals surface area contributed by atoms with Gasteiger partial charge in [-0.05, 0) is 74.4 Å². The van der Waals surface area contributed by atoms with Crippen molar-refractivity contribution >= 4 is 46.5 Å². The van der Waals surface area contributed by atoms with Crippen LogP contribution in [0.2, 0.25) is 0 Å². The summed E-state index contributed by atoms with van der Waals surface area (Å²) < 4.78 is 0. The van der Waals surface area contributed by atoms with Crippen LogP contribution in [0.15, 0.2) is 72.9 Å². The SMILES string of the molecule is Cc1ccnc(Nc2cc(Nc3ccc(NC(=O)CCCN4C(=O)c5ccccc5C4=O)cc3)nc(C)n2)c1. The summed E-state index contributed by atoms with van der Waals surface area (Å²) in [6.07, 6.45) is 2.29. The van der Waals surface area contributed by atoms with Crippen LogP contribution in [0.25, 0.3) is 0 Å². The van der Waals surface area contributed by atoms with Crippen molar-refractivity contribution < 1.29 is 14.4 Å². The van der Waals surface area contributed by atoms with Crippen LogP contribution < -0.4 is 16.0 Å². The van der Waals surface area contributed by atoms with Gasteiger partial charge in [0.15, 0.2) is 0 Å². The average Bonchev–Trinajstić information content (AvgIpc) is 3.14. The van der Waals surface area contributed by atoms with Gasteiger partial charge in [-0.3, -0.25) is 19.3 Å². The number of imide groups is 1. The summed E-state index contributed by atoms with van der Waals surface area (Å²) in [6.45, 7) is 4.00. The van der Waals surface area contributed by atoms with Crippen molar-refractivity contribution in [1.29, 1.82) is 0 Å². The zero-order valence-electron chi connectivity index (χ0n) is 21.6. The summed E-state index contributed by atoms with van der Waals surface area (Å²) in [6, 6.07) is 19.6. The van der Waals surface area contributed by atoms with Crippen LogP contribution in [0, 0.1) is 13.8 Å². The highest BCUT2D eigenvalue weighted by atomic mass is 16.2. The summed E-state index contributed by atoms with van der Waals surface area (Å²) in [4.78, 5) is 51.7. The first-order chi connectivity index (χ1) is 18.9. The van der Waals surface area contributed by atoms with Gasteiger partial charge in [-0.15, -0.1) is 0 Å². The molecule has 2 aromatic heterocycles. The van der Waals surface area contributed by atoms with Crippen LogP contribution in [-0.4, -0.2) is 44.1 Å². The smallest absolute Gasteiger partial charge is 0.261 e. The van der Waals surface area contributed by atoms with E-state index in [-0.39, 0.29) is 30.7 Å². The van der Waals surface area contributed by atoms with E-state index in [0.717, 1.165) is 11.3 Å². The molecule has 0 radical (unpaired) electrons. The zero-order valence-corrected chi connectivity index (χ0v) is 21.6. The molecule has 0 saturated carbocycles. The van der Waals surface area contributed by atoms with E-state index in [1.807, 2.05) is 38.1 Å². The Morgan fingerprint density at radius 2 is 1.44 bits per heavy atom. The Hall–Kier alpha value is -5.12. The molecule has 1 aliphatic rings. The van der Waals surface area contributed by atoms with E-state index in [2.05, 4.69) is 30.9 Å². The molecule has 0 bridgehead atoms. The van der Waals surface area contributed by atoms with E-state index in [1.165, 1.54) is 4.90 Å². The first-order valence-corrected chi connectivity index (χ1v) is 12.5. The van der Waals surface area contributed by atoms with Gasteiger partial charge in [-0.25, -0.2) is 15.0 Å². The standard InChI is InChI=1S/C29H27N7O3/c1-18-13-14-30-24(16-18)35-26-17-25(31-19(2)32-26)33-20-9-11-21(12-10-20)34-27(37)8-5-15-36-28(38)22-6-3-4-7-23(22)29(36)39/h3-4,6-7,9-14,16-17H,5,8,15H2,1-2H3,(H,34,37)(H2,30,31,32,33,35). The Balaban J connectivity index is 1.12. The molecular formula is C29H27N7O3. The number of amides is 3. The third-order valence-electron chi connectivity index (χ3n) is 6.11. The summed E-state index contributed by atoms with van der Waals surface area (Å²) in [7, 11) is 0. The fourth-order valence-corrected chi connectivity index (χ4v) is 4.28. The lowest BCUT2D eigenvalue weighted by atomic mass is 10.1. The number of aryl methyl sites for hydroxylation is 2. The van der Waals surface area contributed by atoms with E-state index in [1.54, 1.807) is 48.7 Å². The Kier molecular flexibility index (Phi) is 7.26. The largest absolute Gasteiger partial charge is 0.340 e. The Labute approximate surface area is 225 Å². The van der Waals surface area contributed by atoms with Crippen LogP contribution in [0.3, 0.4) is 0 Å². The summed E-state index contributed by atoms with van der Waals surface area (Å²) in [5.41, 5.74) is 3.34. The van der Waals surface area contributed by atoms with Crippen LogP contribution in [0.4, 0.5) is 28.8 Å². The number of hydrogen-bond acceptors (Lipinski definition) is 8. The first kappa shape index (κ1) is 25.5. The normalized spacial score (nSPS) is 12.3. The lowest BCUT2D eigenvalue weighted by molar-refractivity contribution is -0.116. The lowest BCUT2D eigenvalue weighted by Gasteiger charge is -2.13. The van der Waals surface area contributed by atoms with E-state index in [0.29, 0.717) is 46.5 Å². The minimum Gasteiger partial charge on any atom is -0.340 e. The highest BCUT2D eigenvalue weighted by Gasteiger charge is 2.34. The van der Waals surface area contributed by atoms with E-state index in [4.69, 9.17) is 0 Å². The molecule has 0 atom stereocenters. The second-order valence-electron chi connectivity index (χ2n) is 9.19. The number of nitrogens with zero attached hydrogens (tertiary/aromatic N) is 4. The molecule has 0 saturated heterocycles. The molecule has 0 aliphatic carbocycles. The Morgan fingerprint density at radius 3 is 2.10 bits per heavy atom. The second-order valence-corrected chi connectivity index (χ2v) is 9.19. The third kappa shape index (κ3) is 6.07. The van der Waals surface area contributed by atoms with E-state index < -0.39 is 0 Å². The number of carbonyl (C=O) groups excluding carboxylic acids is 3. The van der Waals surface area contributed by atoms with Crippen LogP contribution >= 0.6 is 0 Å². The minimum absolute atomic E-state index is 0.180. The summed E-state index contributed by atoms with van der Waals surface area (Å²) in [5, 5.41) is 9.30. The highest BCUT2D eigenvalue weighted by Crippen LogP contribution is 2.24. The summed E-state index contributed by atoms with van der Waals surface area (Å²) >= 11 is 0. The zero-order chi connectivity index (χ0) is 27.4. The number of carbonyl (C=O) groups is 3. The van der Waals surface area contributed by atoms with Crippen molar-refractivity contribution in [3.8, 4) is 0 Å². The Bertz CT molecular complexity index is 1520. The van der Waals surface area contributed by atoms with Crippen molar-refractivity contribution in [2.75, 3.05) is 22.5 Å². The molecule has 3 heterocycles. The molecule has 0 spiro atoms. The highest BCUT2D eigenvalue weighted by molar-refractivity contribution is 6.21.